The molecule has 0 saturated heterocycles. The van der Waals surface area contributed by atoms with Crippen molar-refractivity contribution in [2.24, 2.45) is 0 Å². The Labute approximate surface area is 181 Å². The summed E-state index contributed by atoms with van der Waals surface area (Å²) in [5.74, 6) is 0. The van der Waals surface area contributed by atoms with Gasteiger partial charge in [0.1, 0.15) is 0 Å². The predicted octanol–water partition coefficient (Wildman–Crippen LogP) is 11.2. The molecule has 0 heterocycles. The quantitative estimate of drug-likeness (QED) is 0.134. The second-order valence-corrected chi connectivity index (χ2v) is 9.49. The molecule has 0 unspecified atom stereocenters. The van der Waals surface area contributed by atoms with Crippen molar-refractivity contribution < 1.29 is 0 Å². The minimum Gasteiger partial charge on any atom is -0.0654 e. The van der Waals surface area contributed by atoms with Crippen LogP contribution >= 0.6 is 0 Å². The average Bonchev–Trinajstić information content (AvgIpc) is 2.71. The molecule has 0 aromatic heterocycles. The van der Waals surface area contributed by atoms with Crippen LogP contribution in [0, 0.1) is 0 Å². The van der Waals surface area contributed by atoms with Crippen molar-refractivity contribution in [2.75, 3.05) is 0 Å². The van der Waals surface area contributed by atoms with E-state index in [2.05, 4.69) is 13.8 Å². The smallest absolute Gasteiger partial charge is 0.0533 e. The van der Waals surface area contributed by atoms with E-state index in [1.807, 2.05) is 0 Å². The third-order valence-corrected chi connectivity index (χ3v) is 6.46. The van der Waals surface area contributed by atoms with Crippen molar-refractivity contribution in [2.45, 2.75) is 181 Å². The van der Waals surface area contributed by atoms with Crippen LogP contribution < -0.4 is 0 Å². The van der Waals surface area contributed by atoms with Gasteiger partial charge in [-0.3, -0.25) is 0 Å². The highest BCUT2D eigenvalue weighted by molar-refractivity contribution is 4.51. The summed E-state index contributed by atoms with van der Waals surface area (Å²) in [5, 5.41) is 0. The van der Waals surface area contributed by atoms with E-state index in [0.29, 0.717) is 0 Å². The lowest BCUT2D eigenvalue weighted by molar-refractivity contribution is 0.516. The highest BCUT2D eigenvalue weighted by atomic mass is 15.3. The van der Waals surface area contributed by atoms with Gasteiger partial charge in [-0.15, -0.1) is 0 Å². The normalized spacial score (nSPS) is 11.4. The van der Waals surface area contributed by atoms with Crippen molar-refractivity contribution in [1.29, 1.82) is 0 Å². The van der Waals surface area contributed by atoms with Crippen LogP contribution in [-0.4, -0.2) is 0 Å². The van der Waals surface area contributed by atoms with E-state index in [1.54, 1.807) is 0 Å². The first kappa shape index (κ1) is 28.0. The van der Waals surface area contributed by atoms with Gasteiger partial charge in [0, 0.05) is 0 Å². The van der Waals surface area contributed by atoms with Gasteiger partial charge in [0.05, 0.1) is 0 Å². The molecule has 0 aliphatic rings. The van der Waals surface area contributed by atoms with E-state index in [4.69, 9.17) is 0 Å². The zero-order chi connectivity index (χ0) is 20.4. The van der Waals surface area contributed by atoms with Crippen LogP contribution in [0.25, 0.3) is 0 Å². The molecule has 0 amide bonds. The maximum atomic E-state index is 2.30. The highest BCUT2D eigenvalue weighted by Gasteiger charge is 1.96. The summed E-state index contributed by atoms with van der Waals surface area (Å²) < 4.78 is 0. The molecule has 0 N–H and O–H groups in total. The molecule has 0 aromatic rings. The Morgan fingerprint density at radius 2 is 0.500 bits per heavy atom. The summed E-state index contributed by atoms with van der Waals surface area (Å²) in [6.07, 6.45) is 38.4. The Hall–Kier alpha value is 0. The lowest BCUT2D eigenvalue weighted by Crippen LogP contribution is -1.84. The number of unbranched alkanes of at least 4 members (excludes halogenated alkanes) is 25. The van der Waals surface area contributed by atoms with Gasteiger partial charge in [-0.2, -0.15) is 0 Å². The monoisotopic (exact) mass is 398 g/mol. The van der Waals surface area contributed by atoms with Crippen molar-refractivity contribution in [3.05, 3.63) is 0 Å². The van der Waals surface area contributed by atoms with Gasteiger partial charge in [0.15, 0.2) is 0 Å². The van der Waals surface area contributed by atoms with Crippen molar-refractivity contribution in [3.8, 4) is 0 Å². The Kier molecular flexibility index (Phi) is 27.0. The van der Waals surface area contributed by atoms with Crippen LogP contribution in [0.15, 0.2) is 0 Å². The van der Waals surface area contributed by atoms with Gasteiger partial charge < -0.3 is 0 Å². The zero-order valence-electron chi connectivity index (χ0n) is 20.4. The van der Waals surface area contributed by atoms with Crippen LogP contribution in [0.4, 0.5) is 0 Å². The second-order valence-electron chi connectivity index (χ2n) is 9.49. The first-order chi connectivity index (χ1) is 13.9. The summed E-state index contributed by atoms with van der Waals surface area (Å²) in [7, 11) is 0. The van der Waals surface area contributed by atoms with E-state index in [0.717, 1.165) is 0 Å². The third-order valence-electron chi connectivity index (χ3n) is 6.46. The lowest BCUT2D eigenvalue weighted by atomic mass is 10.1. The van der Waals surface area contributed by atoms with Crippen LogP contribution in [0.2, 0.25) is 0 Å². The van der Waals surface area contributed by atoms with Gasteiger partial charge in [-0.05, 0) is 0 Å². The van der Waals surface area contributed by atoms with Gasteiger partial charge in [-0.25, -0.2) is 0 Å². The van der Waals surface area contributed by atoms with Crippen molar-refractivity contribution in [1.82, 2.24) is 0 Å². The molecule has 0 heteroatoms. The molecule has 0 aliphatic heterocycles. The molecule has 28 heavy (non-hydrogen) atoms. The Morgan fingerprint density at radius 1 is 0.286 bits per heavy atom. The van der Waals surface area contributed by atoms with Crippen molar-refractivity contribution >= 4 is 0 Å². The molecule has 0 radical (unpaired) electrons. The van der Waals surface area contributed by atoms with Crippen molar-refractivity contribution in [3.63, 3.8) is 0 Å². The molecule has 0 spiro atoms. The lowest BCUT2D eigenvalue weighted by Gasteiger charge is -2.04. The molecule has 0 aromatic carbocycles. The van der Waals surface area contributed by atoms with Gasteiger partial charge >= 0.3 is 0 Å². The standard InChI is InChI=1S/C28H58/c1-3-5-7-9-11-13-15-17-19-21-23-25-27-28-26-24-22-20-18-16-14-12-10-8-6-4-2/h3-28H2,1-2H3/i27+2,28+2. The summed E-state index contributed by atoms with van der Waals surface area (Å²) in [6, 6.07) is 0. The first-order valence-corrected chi connectivity index (χ1v) is 13.9. The summed E-state index contributed by atoms with van der Waals surface area (Å²) in [5.41, 5.74) is 0. The Bertz CT molecular complexity index is 218. The fourth-order valence-electron chi connectivity index (χ4n) is 4.39. The summed E-state index contributed by atoms with van der Waals surface area (Å²) in [4.78, 5) is 0. The Morgan fingerprint density at radius 3 is 0.750 bits per heavy atom. The van der Waals surface area contributed by atoms with Gasteiger partial charge in [-0.1, -0.05) is 181 Å². The maximum Gasteiger partial charge on any atom is -0.0533 e. The molecule has 0 aliphatic carbocycles. The molecule has 170 valence electrons. The molecule has 0 fully saturated rings. The highest BCUT2D eigenvalue weighted by Crippen LogP contribution is 2.15. The SMILES string of the molecule is CCCCCCCCCCCCC[14CH2][14CH2]CCCCCCCCCCCCC. The van der Waals surface area contributed by atoms with E-state index in [1.165, 1.54) is 167 Å². The maximum absolute atomic E-state index is 2.30. The predicted molar refractivity (Wildman–Crippen MR) is 131 cm³/mol. The minimum absolute atomic E-state index is 1.37. The van der Waals surface area contributed by atoms with Gasteiger partial charge in [0.2, 0.25) is 0 Å². The molecule has 0 nitrogen and oxygen atoms in total. The number of hydrogen-bond donors (Lipinski definition) is 0. The van der Waals surface area contributed by atoms with Crippen LogP contribution in [-0.2, 0) is 0 Å². The number of hydrogen-bond acceptors (Lipinski definition) is 0. The molecule has 0 atom stereocenters. The van der Waals surface area contributed by atoms with Crippen LogP contribution in [0.1, 0.15) is 181 Å². The number of rotatable bonds is 25. The average molecular weight is 399 g/mol. The Balaban J connectivity index is 2.96. The van der Waals surface area contributed by atoms with E-state index >= 15 is 0 Å². The van der Waals surface area contributed by atoms with E-state index in [-0.39, 0.29) is 0 Å². The second kappa shape index (κ2) is 27.0. The minimum atomic E-state index is 1.37. The molecular weight excluding hydrogens is 340 g/mol. The van der Waals surface area contributed by atoms with E-state index < -0.39 is 0 Å². The molecular formula is C28H58. The van der Waals surface area contributed by atoms with E-state index in [9.17, 15) is 0 Å². The fourth-order valence-corrected chi connectivity index (χ4v) is 4.39. The summed E-state index contributed by atoms with van der Waals surface area (Å²) >= 11 is 0. The fraction of sp³-hybridized carbons (Fsp3) is 1.00. The largest absolute Gasteiger partial charge is 0.0654 e. The molecule has 0 rings (SSSR count). The van der Waals surface area contributed by atoms with Gasteiger partial charge in [0.25, 0.3) is 0 Å². The molecule has 0 saturated carbocycles. The zero-order valence-corrected chi connectivity index (χ0v) is 20.4. The topological polar surface area (TPSA) is 0 Å². The van der Waals surface area contributed by atoms with Crippen LogP contribution in [0.3, 0.4) is 0 Å². The third kappa shape index (κ3) is 26.0. The molecule has 0 bridgehead atoms. The first-order valence-electron chi connectivity index (χ1n) is 13.9. The summed E-state index contributed by atoms with van der Waals surface area (Å²) in [6.45, 7) is 4.61. The van der Waals surface area contributed by atoms with Crippen LogP contribution in [0.5, 0.6) is 0 Å².